The fourth-order valence-electron chi connectivity index (χ4n) is 5.61. The first-order chi connectivity index (χ1) is 18.4. The molecule has 6 rings (SSSR count). The normalized spacial score (nSPS) is 22.2. The fourth-order valence-corrected chi connectivity index (χ4v) is 5.61. The van der Waals surface area contributed by atoms with Gasteiger partial charge in [-0.05, 0) is 42.8 Å². The lowest BCUT2D eigenvalue weighted by Gasteiger charge is -2.52. The minimum Gasteiger partial charge on any atom is -0.463 e. The Bertz CT molecular complexity index is 1250. The monoisotopic (exact) mass is 523 g/mol. The third-order valence-corrected chi connectivity index (χ3v) is 7.69. The lowest BCUT2D eigenvalue weighted by atomic mass is 9.83. The highest BCUT2D eigenvalue weighted by Crippen LogP contribution is 2.36. The average molecular weight is 524 g/mol. The van der Waals surface area contributed by atoms with Crippen LogP contribution in [0.2, 0.25) is 0 Å². The molecule has 200 valence electrons. The summed E-state index contributed by atoms with van der Waals surface area (Å²) in [7, 11) is 0. The van der Waals surface area contributed by atoms with Crippen LogP contribution in [-0.4, -0.2) is 59.4 Å². The first kappa shape index (κ1) is 26.0. The zero-order chi connectivity index (χ0) is 26.5. The Morgan fingerprint density at radius 1 is 1.08 bits per heavy atom. The number of hydrogen-bond donors (Lipinski definition) is 0. The third-order valence-electron chi connectivity index (χ3n) is 7.69. The number of benzene rings is 2. The molecule has 2 aromatic carbocycles. The van der Waals surface area contributed by atoms with Gasteiger partial charge in [0.25, 0.3) is 0 Å². The van der Waals surface area contributed by atoms with Crippen molar-refractivity contribution in [2.24, 2.45) is 5.92 Å². The molecular weight excluding hydrogens is 490 g/mol. The lowest BCUT2D eigenvalue weighted by molar-refractivity contribution is -0.946. The van der Waals surface area contributed by atoms with Crippen molar-refractivity contribution in [2.45, 2.75) is 38.8 Å². The van der Waals surface area contributed by atoms with Crippen LogP contribution >= 0.6 is 0 Å². The van der Waals surface area contributed by atoms with Crippen LogP contribution in [0.1, 0.15) is 30.5 Å². The molecule has 4 heterocycles. The van der Waals surface area contributed by atoms with Gasteiger partial charge in [-0.3, -0.25) is 4.90 Å². The molecule has 1 amide bonds. The van der Waals surface area contributed by atoms with Crippen molar-refractivity contribution in [2.75, 3.05) is 37.7 Å². The minimum atomic E-state index is -0.587. The number of rotatable bonds is 9. The number of hydrogen-bond acceptors (Lipinski definition) is 5. The maximum atomic E-state index is 14.7. The smallest absolute Gasteiger partial charge is 0.415 e. The Morgan fingerprint density at radius 3 is 2.58 bits per heavy atom. The second-order valence-electron chi connectivity index (χ2n) is 10.3. The highest BCUT2D eigenvalue weighted by atomic mass is 19.1. The van der Waals surface area contributed by atoms with Gasteiger partial charge in [0.05, 0.1) is 38.5 Å². The quantitative estimate of drug-likeness (QED) is 0.282. The van der Waals surface area contributed by atoms with Crippen LogP contribution in [0, 0.1) is 24.5 Å². The van der Waals surface area contributed by atoms with E-state index >= 15 is 0 Å². The summed E-state index contributed by atoms with van der Waals surface area (Å²) in [6, 6.07) is 14.2. The first-order valence-corrected chi connectivity index (χ1v) is 13.2. The lowest BCUT2D eigenvalue weighted by Crippen LogP contribution is -2.65. The van der Waals surface area contributed by atoms with Gasteiger partial charge in [-0.2, -0.15) is 0 Å². The summed E-state index contributed by atoms with van der Waals surface area (Å²) in [6.45, 7) is 6.25. The molecule has 0 N–H and O–H groups in total. The van der Waals surface area contributed by atoms with Gasteiger partial charge >= 0.3 is 12.1 Å². The number of anilines is 1. The Morgan fingerprint density at radius 2 is 1.84 bits per heavy atom. The number of quaternary nitrogens is 1. The maximum Gasteiger partial charge on any atom is 0.415 e. The van der Waals surface area contributed by atoms with Gasteiger partial charge in [0, 0.05) is 37.1 Å². The van der Waals surface area contributed by atoms with Crippen LogP contribution in [0.5, 0.6) is 6.01 Å². The molecule has 0 spiro atoms. The molecule has 7 nitrogen and oxygen atoms in total. The van der Waals surface area contributed by atoms with E-state index in [1.54, 1.807) is 36.5 Å². The average Bonchev–Trinajstić information content (AvgIpc) is 2.92. The molecular formula is C29H33F2N4O3+. The van der Waals surface area contributed by atoms with E-state index in [9.17, 15) is 13.6 Å². The molecule has 38 heavy (non-hydrogen) atoms. The Hall–Kier alpha value is -3.59. The number of nitrogens with zero attached hydrogens (tertiary/aromatic N) is 4. The molecule has 0 aliphatic carbocycles. The molecule has 0 radical (unpaired) electrons. The summed E-state index contributed by atoms with van der Waals surface area (Å²) in [5, 5.41) is 0. The van der Waals surface area contributed by atoms with E-state index in [4.69, 9.17) is 9.47 Å². The summed E-state index contributed by atoms with van der Waals surface area (Å²) in [5.41, 5.74) is 1.69. The molecule has 3 fully saturated rings. The number of fused-ring (bicyclic) bond motifs is 3. The van der Waals surface area contributed by atoms with Crippen LogP contribution in [0.15, 0.2) is 60.8 Å². The highest BCUT2D eigenvalue weighted by Gasteiger charge is 2.47. The van der Waals surface area contributed by atoms with E-state index < -0.39 is 11.9 Å². The number of carbonyl (C=O) groups is 1. The van der Waals surface area contributed by atoms with Crippen LogP contribution in [0.25, 0.3) is 0 Å². The highest BCUT2D eigenvalue weighted by molar-refractivity contribution is 5.87. The van der Waals surface area contributed by atoms with E-state index in [1.807, 2.05) is 13.0 Å². The molecule has 1 atom stereocenters. The van der Waals surface area contributed by atoms with Gasteiger partial charge in [-0.1, -0.05) is 24.3 Å². The fraction of sp³-hybridized carbons (Fsp3) is 0.414. The maximum absolute atomic E-state index is 14.7. The molecule has 3 saturated heterocycles. The van der Waals surface area contributed by atoms with Crippen molar-refractivity contribution in [1.29, 1.82) is 0 Å². The second kappa shape index (κ2) is 11.4. The number of carbonyl (C=O) groups excluding carboxylic acids is 1. The van der Waals surface area contributed by atoms with Gasteiger partial charge in [0.1, 0.15) is 18.2 Å². The van der Waals surface area contributed by atoms with E-state index in [1.165, 1.54) is 23.1 Å². The number of amides is 1. The van der Waals surface area contributed by atoms with E-state index in [-0.39, 0.29) is 24.2 Å². The number of aromatic nitrogens is 2. The van der Waals surface area contributed by atoms with Crippen LogP contribution in [0.3, 0.4) is 0 Å². The predicted molar refractivity (Wildman–Crippen MR) is 139 cm³/mol. The van der Waals surface area contributed by atoms with E-state index in [2.05, 4.69) is 9.97 Å². The van der Waals surface area contributed by atoms with Crippen molar-refractivity contribution in [1.82, 2.24) is 9.97 Å². The Balaban J connectivity index is 1.23. The number of halogens is 2. The van der Waals surface area contributed by atoms with Crippen LogP contribution in [0.4, 0.5) is 19.3 Å². The van der Waals surface area contributed by atoms with E-state index in [0.29, 0.717) is 24.1 Å². The molecule has 9 heteroatoms. The number of para-hydroxylation sites is 1. The van der Waals surface area contributed by atoms with Gasteiger partial charge < -0.3 is 14.0 Å². The Kier molecular flexibility index (Phi) is 7.83. The number of piperidine rings is 3. The molecule has 3 aliphatic rings. The summed E-state index contributed by atoms with van der Waals surface area (Å²) >= 11 is 0. The summed E-state index contributed by atoms with van der Waals surface area (Å²) in [5.74, 6) is -0.586. The van der Waals surface area contributed by atoms with Gasteiger partial charge in [0.15, 0.2) is 6.10 Å². The van der Waals surface area contributed by atoms with Crippen molar-refractivity contribution in [3.05, 3.63) is 83.7 Å². The van der Waals surface area contributed by atoms with Gasteiger partial charge in [-0.25, -0.2) is 23.5 Å². The zero-order valence-corrected chi connectivity index (χ0v) is 21.6. The largest absolute Gasteiger partial charge is 0.463 e. The van der Waals surface area contributed by atoms with Crippen molar-refractivity contribution >= 4 is 11.8 Å². The van der Waals surface area contributed by atoms with Crippen LogP contribution in [-0.2, 0) is 11.3 Å². The standard InChI is InChI=1S/C29H33F2N4O3/c1-21-11-14-32-28(33-21)37-18-4-15-35-16-12-23(13-17-35)27(20-35)38-29(36)34(26-6-3-2-5-25(26)31)19-22-7-9-24(30)10-8-22/h2-3,5-11,14,23,27H,4,12-13,15-20H2,1H3/q+1. The van der Waals surface area contributed by atoms with Crippen LogP contribution < -0.4 is 9.64 Å². The molecule has 1 unspecified atom stereocenters. The SMILES string of the molecule is Cc1ccnc(OCCC[N+]23CCC(CC2)C(OC(=O)N(Cc2ccc(F)cc2)c2ccccc2F)C3)n1. The summed E-state index contributed by atoms with van der Waals surface area (Å²) in [6.07, 6.45) is 3.67. The molecule has 3 aliphatic heterocycles. The first-order valence-electron chi connectivity index (χ1n) is 13.2. The van der Waals surface area contributed by atoms with Gasteiger partial charge in [-0.15, -0.1) is 0 Å². The topological polar surface area (TPSA) is 64.6 Å². The molecule has 1 aromatic heterocycles. The summed E-state index contributed by atoms with van der Waals surface area (Å²) in [4.78, 5) is 23.2. The van der Waals surface area contributed by atoms with Gasteiger partial charge in [0.2, 0.25) is 0 Å². The second-order valence-corrected chi connectivity index (χ2v) is 10.3. The minimum absolute atomic E-state index is 0.0792. The molecule has 2 bridgehead atoms. The number of aryl methyl sites for hydroxylation is 1. The molecule has 3 aromatic rings. The third kappa shape index (κ3) is 6.10. The number of ether oxygens (including phenoxy) is 2. The van der Waals surface area contributed by atoms with Crippen molar-refractivity contribution < 1.29 is 27.5 Å². The molecule has 0 saturated carbocycles. The predicted octanol–water partition coefficient (Wildman–Crippen LogP) is 5.28. The van der Waals surface area contributed by atoms with E-state index in [0.717, 1.165) is 55.6 Å². The summed E-state index contributed by atoms with van der Waals surface area (Å²) < 4.78 is 40.9. The van der Waals surface area contributed by atoms with Crippen molar-refractivity contribution in [3.8, 4) is 6.01 Å². The Labute approximate surface area is 221 Å². The zero-order valence-electron chi connectivity index (χ0n) is 21.6. The van der Waals surface area contributed by atoms with Crippen molar-refractivity contribution in [3.63, 3.8) is 0 Å².